The molecule has 0 fully saturated rings. The Kier molecular flexibility index (Phi) is 4.01. The predicted molar refractivity (Wildman–Crippen MR) is 49.8 cm³/mol. The van der Waals surface area contributed by atoms with Crippen LogP contribution in [0.4, 0.5) is 0 Å². The number of oxime groups is 1. The second-order valence-electron chi connectivity index (χ2n) is 2.74. The minimum atomic E-state index is 0.254. The van der Waals surface area contributed by atoms with Gasteiger partial charge in [0, 0.05) is 0 Å². The van der Waals surface area contributed by atoms with Gasteiger partial charge in [0.15, 0.2) is 6.61 Å². The van der Waals surface area contributed by atoms with E-state index in [0.717, 1.165) is 12.8 Å². The van der Waals surface area contributed by atoms with Crippen LogP contribution in [0.3, 0.4) is 0 Å². The number of rotatable bonds is 3. The zero-order valence-electron chi connectivity index (χ0n) is 7.12. The molecule has 0 aromatic heterocycles. The maximum atomic E-state index is 4.98. The molecule has 0 atom stereocenters. The lowest BCUT2D eigenvalue weighted by Gasteiger charge is -2.06. The predicted octanol–water partition coefficient (Wildman–Crippen LogP) is 2.12. The van der Waals surface area contributed by atoms with E-state index in [-0.39, 0.29) is 6.61 Å². The molecule has 0 bridgehead atoms. The highest BCUT2D eigenvalue weighted by molar-refractivity contribution is 5.78. The van der Waals surface area contributed by atoms with Gasteiger partial charge >= 0.3 is 0 Å². The SMILES string of the molecule is C#CCON=CC1=CCCCC1. The Bertz CT molecular complexity index is 222. The van der Waals surface area contributed by atoms with Crippen LogP contribution in [0.25, 0.3) is 0 Å². The molecule has 0 amide bonds. The van der Waals surface area contributed by atoms with E-state index in [4.69, 9.17) is 11.3 Å². The number of terminal acetylenes is 1. The summed E-state index contributed by atoms with van der Waals surface area (Å²) in [5, 5.41) is 3.75. The van der Waals surface area contributed by atoms with E-state index >= 15 is 0 Å². The lowest BCUT2D eigenvalue weighted by atomic mass is 10.0. The quantitative estimate of drug-likeness (QED) is 0.270. The Morgan fingerprint density at radius 2 is 2.58 bits per heavy atom. The van der Waals surface area contributed by atoms with Crippen LogP contribution in [-0.2, 0) is 4.84 Å². The van der Waals surface area contributed by atoms with E-state index in [2.05, 4.69) is 17.2 Å². The second-order valence-corrected chi connectivity index (χ2v) is 2.74. The van der Waals surface area contributed by atoms with Crippen LogP contribution in [0, 0.1) is 12.3 Å². The standard InChI is InChI=1S/C10H13NO/c1-2-8-12-11-9-10-6-4-3-5-7-10/h1,6,9H,3-5,7-8H2. The van der Waals surface area contributed by atoms with Gasteiger partial charge in [-0.1, -0.05) is 17.2 Å². The molecule has 0 aromatic carbocycles. The summed E-state index contributed by atoms with van der Waals surface area (Å²) >= 11 is 0. The molecule has 0 aromatic rings. The van der Waals surface area contributed by atoms with E-state index in [0.29, 0.717) is 0 Å². The number of hydrogen-bond acceptors (Lipinski definition) is 2. The van der Waals surface area contributed by atoms with Crippen molar-refractivity contribution in [1.82, 2.24) is 0 Å². The third-order valence-corrected chi connectivity index (χ3v) is 1.77. The summed E-state index contributed by atoms with van der Waals surface area (Å²) in [6.45, 7) is 0.254. The summed E-state index contributed by atoms with van der Waals surface area (Å²) in [6, 6.07) is 0. The van der Waals surface area contributed by atoms with Gasteiger partial charge < -0.3 is 4.84 Å². The van der Waals surface area contributed by atoms with Crippen molar-refractivity contribution in [3.05, 3.63) is 11.6 Å². The van der Waals surface area contributed by atoms with Gasteiger partial charge in [-0.05, 0) is 31.3 Å². The minimum absolute atomic E-state index is 0.254. The molecule has 0 N–H and O–H groups in total. The van der Waals surface area contributed by atoms with Crippen molar-refractivity contribution in [2.75, 3.05) is 6.61 Å². The Morgan fingerprint density at radius 1 is 1.67 bits per heavy atom. The van der Waals surface area contributed by atoms with E-state index in [1.54, 1.807) is 6.21 Å². The van der Waals surface area contributed by atoms with Crippen LogP contribution < -0.4 is 0 Å². The molecule has 0 heterocycles. The van der Waals surface area contributed by atoms with Crippen LogP contribution in [0.5, 0.6) is 0 Å². The molecular weight excluding hydrogens is 150 g/mol. The molecular formula is C10H13NO. The van der Waals surface area contributed by atoms with Gasteiger partial charge in [-0.3, -0.25) is 0 Å². The molecule has 1 aliphatic rings. The minimum Gasteiger partial charge on any atom is -0.383 e. The Labute approximate surface area is 73.3 Å². The maximum Gasteiger partial charge on any atom is 0.177 e. The lowest BCUT2D eigenvalue weighted by Crippen LogP contribution is -1.93. The summed E-state index contributed by atoms with van der Waals surface area (Å²) in [5.74, 6) is 2.35. The van der Waals surface area contributed by atoms with Crippen LogP contribution >= 0.6 is 0 Å². The molecule has 2 heteroatoms. The molecule has 1 aliphatic carbocycles. The van der Waals surface area contributed by atoms with E-state index in [9.17, 15) is 0 Å². The summed E-state index contributed by atoms with van der Waals surface area (Å²) in [6.07, 6.45) is 13.8. The van der Waals surface area contributed by atoms with Crippen LogP contribution in [0.15, 0.2) is 16.8 Å². The first kappa shape index (κ1) is 8.86. The fraction of sp³-hybridized carbons (Fsp3) is 0.500. The summed E-state index contributed by atoms with van der Waals surface area (Å²) in [5.41, 5.74) is 1.26. The highest BCUT2D eigenvalue weighted by Crippen LogP contribution is 2.15. The third kappa shape index (κ3) is 3.25. The van der Waals surface area contributed by atoms with Crippen LogP contribution in [0.2, 0.25) is 0 Å². The van der Waals surface area contributed by atoms with Crippen molar-refractivity contribution >= 4 is 6.21 Å². The average molecular weight is 163 g/mol. The molecule has 1 rings (SSSR count). The first-order valence-electron chi connectivity index (χ1n) is 4.21. The fourth-order valence-electron chi connectivity index (χ4n) is 1.16. The molecule has 12 heavy (non-hydrogen) atoms. The third-order valence-electron chi connectivity index (χ3n) is 1.77. The number of hydrogen-bond donors (Lipinski definition) is 0. The molecule has 0 unspecified atom stereocenters. The molecule has 0 spiro atoms. The van der Waals surface area contributed by atoms with Crippen molar-refractivity contribution in [3.63, 3.8) is 0 Å². The summed E-state index contributed by atoms with van der Waals surface area (Å²) in [4.78, 5) is 4.78. The zero-order valence-corrected chi connectivity index (χ0v) is 7.12. The molecule has 0 saturated heterocycles. The largest absolute Gasteiger partial charge is 0.383 e. The van der Waals surface area contributed by atoms with Crippen molar-refractivity contribution in [2.45, 2.75) is 25.7 Å². The highest BCUT2D eigenvalue weighted by Gasteiger charge is 1.99. The van der Waals surface area contributed by atoms with E-state index in [1.165, 1.54) is 18.4 Å². The van der Waals surface area contributed by atoms with Crippen molar-refractivity contribution in [1.29, 1.82) is 0 Å². The summed E-state index contributed by atoms with van der Waals surface area (Å²) in [7, 11) is 0. The number of allylic oxidation sites excluding steroid dienone is 2. The van der Waals surface area contributed by atoms with Gasteiger partial charge in [0.05, 0.1) is 6.21 Å². The molecule has 64 valence electrons. The fourth-order valence-corrected chi connectivity index (χ4v) is 1.16. The van der Waals surface area contributed by atoms with Crippen LogP contribution in [-0.4, -0.2) is 12.8 Å². The molecule has 0 aliphatic heterocycles. The monoisotopic (exact) mass is 163 g/mol. The first-order valence-corrected chi connectivity index (χ1v) is 4.21. The van der Waals surface area contributed by atoms with Crippen molar-refractivity contribution < 1.29 is 4.84 Å². The normalized spacial score (nSPS) is 17.1. The van der Waals surface area contributed by atoms with E-state index < -0.39 is 0 Å². The van der Waals surface area contributed by atoms with Gasteiger partial charge in [-0.25, -0.2) is 0 Å². The van der Waals surface area contributed by atoms with E-state index in [1.807, 2.05) is 0 Å². The molecule has 0 radical (unpaired) electrons. The Morgan fingerprint density at radius 3 is 3.25 bits per heavy atom. The smallest absolute Gasteiger partial charge is 0.177 e. The Hall–Kier alpha value is -1.23. The molecule has 2 nitrogen and oxygen atoms in total. The second kappa shape index (κ2) is 5.42. The van der Waals surface area contributed by atoms with Crippen molar-refractivity contribution in [2.24, 2.45) is 5.16 Å². The average Bonchev–Trinajstić information content (AvgIpc) is 2.14. The van der Waals surface area contributed by atoms with Crippen LogP contribution in [0.1, 0.15) is 25.7 Å². The maximum absolute atomic E-state index is 4.98. The highest BCUT2D eigenvalue weighted by atomic mass is 16.6. The zero-order chi connectivity index (χ0) is 8.65. The number of nitrogens with zero attached hydrogens (tertiary/aromatic N) is 1. The van der Waals surface area contributed by atoms with Gasteiger partial charge in [0.25, 0.3) is 0 Å². The first-order chi connectivity index (χ1) is 5.93. The van der Waals surface area contributed by atoms with Gasteiger partial charge in [0.1, 0.15) is 0 Å². The molecule has 0 saturated carbocycles. The topological polar surface area (TPSA) is 21.6 Å². The van der Waals surface area contributed by atoms with Crippen molar-refractivity contribution in [3.8, 4) is 12.3 Å². The Balaban J connectivity index is 2.25. The van der Waals surface area contributed by atoms with Gasteiger partial charge in [0.2, 0.25) is 0 Å². The van der Waals surface area contributed by atoms with Gasteiger partial charge in [-0.2, -0.15) is 0 Å². The lowest BCUT2D eigenvalue weighted by molar-refractivity contribution is 0.181. The van der Waals surface area contributed by atoms with Gasteiger partial charge in [-0.15, -0.1) is 6.42 Å². The summed E-state index contributed by atoms with van der Waals surface area (Å²) < 4.78 is 0.